The van der Waals surface area contributed by atoms with Gasteiger partial charge in [0.05, 0.1) is 16.1 Å². The fraction of sp³-hybridized carbons (Fsp3) is 0.182. The molecule has 0 saturated carbocycles. The van der Waals surface area contributed by atoms with Gasteiger partial charge in [-0.05, 0) is 17.7 Å². The predicted molar refractivity (Wildman–Crippen MR) is 63.9 cm³/mol. The maximum absolute atomic E-state index is 11.9. The van der Waals surface area contributed by atoms with Crippen LogP contribution in [0.5, 0.6) is 0 Å². The van der Waals surface area contributed by atoms with Gasteiger partial charge in [-0.1, -0.05) is 0 Å². The Kier molecular flexibility index (Phi) is 3.30. The zero-order valence-electron chi connectivity index (χ0n) is 9.46. The number of benzene rings is 1. The number of carbonyl (C=O) groups is 3. The lowest BCUT2D eigenvalue weighted by molar-refractivity contribution is -0.384. The van der Waals surface area contributed by atoms with E-state index in [2.05, 4.69) is 0 Å². The molecule has 0 saturated heterocycles. The zero-order chi connectivity index (χ0) is 14.2. The molecule has 1 aromatic rings. The van der Waals surface area contributed by atoms with Crippen molar-refractivity contribution < 1.29 is 19.3 Å². The van der Waals surface area contributed by atoms with E-state index in [1.165, 1.54) is 6.07 Å². The first-order valence-electron chi connectivity index (χ1n) is 5.25. The van der Waals surface area contributed by atoms with E-state index < -0.39 is 22.0 Å². The van der Waals surface area contributed by atoms with Crippen molar-refractivity contribution in [2.24, 2.45) is 0 Å². The molecule has 1 aromatic carbocycles. The van der Waals surface area contributed by atoms with Crippen molar-refractivity contribution in [3.05, 3.63) is 39.4 Å². The Hall–Kier alpha value is -2.28. The number of carbonyl (C=O) groups excluding carboxylic acids is 3. The van der Waals surface area contributed by atoms with Crippen LogP contribution in [0.25, 0.3) is 0 Å². The van der Waals surface area contributed by atoms with Crippen LogP contribution in [-0.4, -0.2) is 33.4 Å². The molecule has 2 amide bonds. The summed E-state index contributed by atoms with van der Waals surface area (Å²) in [5, 5.41) is 9.95. The Morgan fingerprint density at radius 1 is 1.26 bits per heavy atom. The first kappa shape index (κ1) is 13.2. The van der Waals surface area contributed by atoms with Crippen molar-refractivity contribution in [2.45, 2.75) is 6.42 Å². The summed E-state index contributed by atoms with van der Waals surface area (Å²) in [6.07, 6.45) is -0.158. The van der Waals surface area contributed by atoms with Gasteiger partial charge >= 0.3 is 0 Å². The fourth-order valence-corrected chi connectivity index (χ4v) is 1.88. The van der Waals surface area contributed by atoms with Crippen LogP contribution in [0.2, 0.25) is 0 Å². The molecule has 0 atom stereocenters. The fourth-order valence-electron chi connectivity index (χ4n) is 1.80. The van der Waals surface area contributed by atoms with Gasteiger partial charge < -0.3 is 0 Å². The predicted octanol–water partition coefficient (Wildman–Crippen LogP) is 1.35. The number of nitro benzene ring substituents is 1. The third-order valence-corrected chi connectivity index (χ3v) is 2.89. The van der Waals surface area contributed by atoms with E-state index in [9.17, 15) is 24.5 Å². The van der Waals surface area contributed by atoms with Gasteiger partial charge in [-0.25, -0.2) is 0 Å². The third kappa shape index (κ3) is 2.32. The Morgan fingerprint density at radius 3 is 2.47 bits per heavy atom. The van der Waals surface area contributed by atoms with E-state index >= 15 is 0 Å². The van der Waals surface area contributed by atoms with E-state index in [4.69, 9.17) is 11.6 Å². The second-order valence-corrected chi connectivity index (χ2v) is 4.28. The second kappa shape index (κ2) is 4.77. The number of imide groups is 1. The highest BCUT2D eigenvalue weighted by Gasteiger charge is 2.36. The average Bonchev–Trinajstić information content (AvgIpc) is 2.59. The van der Waals surface area contributed by atoms with Crippen molar-refractivity contribution in [3.8, 4) is 0 Å². The molecule has 8 heteroatoms. The van der Waals surface area contributed by atoms with Gasteiger partial charge in [0.1, 0.15) is 0 Å². The Bertz CT molecular complexity index is 613. The normalized spacial score (nSPS) is 13.6. The highest BCUT2D eigenvalue weighted by atomic mass is 35.5. The Labute approximate surface area is 111 Å². The molecule has 0 bridgehead atoms. The molecular formula is C11H7ClN2O5. The highest BCUT2D eigenvalue weighted by Crippen LogP contribution is 2.26. The minimum absolute atomic E-state index is 0.0266. The van der Waals surface area contributed by atoms with Crippen LogP contribution < -0.4 is 0 Å². The first-order valence-corrected chi connectivity index (χ1v) is 5.62. The largest absolute Gasteiger partial charge is 0.281 e. The molecule has 1 aliphatic heterocycles. The molecule has 0 N–H and O–H groups in total. The average molecular weight is 283 g/mol. The summed E-state index contributed by atoms with van der Waals surface area (Å²) in [7, 11) is 0. The summed E-state index contributed by atoms with van der Waals surface area (Å²) in [6, 6.07) is 3.44. The zero-order valence-corrected chi connectivity index (χ0v) is 10.2. The van der Waals surface area contributed by atoms with Crippen molar-refractivity contribution in [2.75, 3.05) is 6.54 Å². The second-order valence-electron chi connectivity index (χ2n) is 3.85. The SMILES string of the molecule is O=C(Cl)CCN1C(=O)c2ccc([N+](=O)[O-])cc2C1=O. The summed E-state index contributed by atoms with van der Waals surface area (Å²) in [5.41, 5.74) is -0.200. The number of fused-ring (bicyclic) bond motifs is 1. The number of hydrogen-bond donors (Lipinski definition) is 0. The summed E-state index contributed by atoms with van der Waals surface area (Å²) >= 11 is 5.15. The molecule has 1 heterocycles. The molecule has 2 rings (SSSR count). The molecule has 0 fully saturated rings. The standard InChI is InChI=1S/C11H7ClN2O5/c12-9(15)3-4-13-10(16)7-2-1-6(14(18)19)5-8(7)11(13)17/h1-2,5H,3-4H2. The maximum Gasteiger partial charge on any atom is 0.270 e. The molecule has 7 nitrogen and oxygen atoms in total. The number of nitrogens with zero attached hydrogens (tertiary/aromatic N) is 2. The summed E-state index contributed by atoms with van der Waals surface area (Å²) in [5.74, 6) is -1.23. The number of nitro groups is 1. The molecule has 98 valence electrons. The van der Waals surface area contributed by atoms with Crippen molar-refractivity contribution in [3.63, 3.8) is 0 Å². The smallest absolute Gasteiger partial charge is 0.270 e. The van der Waals surface area contributed by atoms with Crippen LogP contribution in [0.15, 0.2) is 18.2 Å². The van der Waals surface area contributed by atoms with Gasteiger partial charge in [0.15, 0.2) is 0 Å². The molecule has 0 spiro atoms. The highest BCUT2D eigenvalue weighted by molar-refractivity contribution is 6.63. The van der Waals surface area contributed by atoms with Gasteiger partial charge in [0.2, 0.25) is 5.24 Å². The summed E-state index contributed by atoms with van der Waals surface area (Å²) < 4.78 is 0. The molecule has 19 heavy (non-hydrogen) atoms. The van der Waals surface area contributed by atoms with Crippen molar-refractivity contribution >= 4 is 34.3 Å². The van der Waals surface area contributed by atoms with Crippen LogP contribution in [0, 0.1) is 10.1 Å². The van der Waals surface area contributed by atoms with Crippen LogP contribution in [0.3, 0.4) is 0 Å². The van der Waals surface area contributed by atoms with E-state index in [1.807, 2.05) is 0 Å². The maximum atomic E-state index is 11.9. The molecule has 0 radical (unpaired) electrons. The Morgan fingerprint density at radius 2 is 1.89 bits per heavy atom. The van der Waals surface area contributed by atoms with Gasteiger partial charge in [-0.2, -0.15) is 0 Å². The molecule has 0 aliphatic carbocycles. The van der Waals surface area contributed by atoms with E-state index in [-0.39, 0.29) is 29.8 Å². The van der Waals surface area contributed by atoms with E-state index in [1.54, 1.807) is 0 Å². The number of non-ortho nitro benzene ring substituents is 1. The molecule has 0 unspecified atom stereocenters. The number of halogens is 1. The number of amides is 2. The van der Waals surface area contributed by atoms with E-state index in [0.29, 0.717) is 0 Å². The van der Waals surface area contributed by atoms with Crippen LogP contribution in [-0.2, 0) is 4.79 Å². The topological polar surface area (TPSA) is 97.6 Å². The summed E-state index contributed by atoms with van der Waals surface area (Å²) in [4.78, 5) is 45.3. The van der Waals surface area contributed by atoms with Gasteiger partial charge in [-0.15, -0.1) is 0 Å². The lowest BCUT2D eigenvalue weighted by Gasteiger charge is -2.11. The van der Waals surface area contributed by atoms with Crippen LogP contribution in [0.4, 0.5) is 5.69 Å². The van der Waals surface area contributed by atoms with Gasteiger partial charge in [0.25, 0.3) is 17.5 Å². The first-order chi connectivity index (χ1) is 8.91. The lowest BCUT2D eigenvalue weighted by atomic mass is 10.1. The quantitative estimate of drug-likeness (QED) is 0.359. The van der Waals surface area contributed by atoms with Crippen LogP contribution >= 0.6 is 11.6 Å². The van der Waals surface area contributed by atoms with E-state index in [0.717, 1.165) is 17.0 Å². The molecular weight excluding hydrogens is 276 g/mol. The van der Waals surface area contributed by atoms with Crippen LogP contribution in [0.1, 0.15) is 27.1 Å². The lowest BCUT2D eigenvalue weighted by Crippen LogP contribution is -2.31. The minimum atomic E-state index is -0.664. The number of rotatable bonds is 4. The van der Waals surface area contributed by atoms with Gasteiger partial charge in [-0.3, -0.25) is 29.4 Å². The van der Waals surface area contributed by atoms with Crippen molar-refractivity contribution in [1.29, 1.82) is 0 Å². The third-order valence-electron chi connectivity index (χ3n) is 2.70. The molecule has 1 aliphatic rings. The van der Waals surface area contributed by atoms with Gasteiger partial charge in [0, 0.05) is 25.1 Å². The minimum Gasteiger partial charge on any atom is -0.281 e. The summed E-state index contributed by atoms with van der Waals surface area (Å²) in [6.45, 7) is -0.136. The van der Waals surface area contributed by atoms with Crippen molar-refractivity contribution in [1.82, 2.24) is 4.90 Å². The Balaban J connectivity index is 2.33. The monoisotopic (exact) mass is 282 g/mol. The molecule has 0 aromatic heterocycles. The number of hydrogen-bond acceptors (Lipinski definition) is 5.